The van der Waals surface area contributed by atoms with Gasteiger partial charge >= 0.3 is 6.03 Å². The number of benzene rings is 1. The van der Waals surface area contributed by atoms with Crippen LogP contribution in [0.4, 0.5) is 16.4 Å². The van der Waals surface area contributed by atoms with Gasteiger partial charge in [-0.2, -0.15) is 0 Å². The van der Waals surface area contributed by atoms with Gasteiger partial charge in [0.2, 0.25) is 5.95 Å². The molecule has 1 aromatic carbocycles. The number of fused-ring (bicyclic) bond motifs is 1. The Balaban J connectivity index is 1.79. The Kier molecular flexibility index (Phi) is 3.45. The van der Waals surface area contributed by atoms with Gasteiger partial charge in [0.15, 0.2) is 5.65 Å². The molecule has 0 spiro atoms. The van der Waals surface area contributed by atoms with Crippen molar-refractivity contribution in [1.29, 1.82) is 0 Å². The zero-order chi connectivity index (χ0) is 14.8. The summed E-state index contributed by atoms with van der Waals surface area (Å²) in [4.78, 5) is 12.0. The highest BCUT2D eigenvalue weighted by Gasteiger charge is 2.10. The van der Waals surface area contributed by atoms with Crippen LogP contribution < -0.4 is 10.6 Å². The monoisotopic (exact) mass is 301 g/mol. The van der Waals surface area contributed by atoms with Crippen LogP contribution in [0.3, 0.4) is 0 Å². The average molecular weight is 302 g/mol. The lowest BCUT2D eigenvalue weighted by molar-refractivity contribution is 0.262. The van der Waals surface area contributed by atoms with Crippen LogP contribution in [0.1, 0.15) is 5.56 Å². The van der Waals surface area contributed by atoms with Gasteiger partial charge in [0.05, 0.1) is 0 Å². The lowest BCUT2D eigenvalue weighted by Gasteiger charge is -2.09. The molecule has 0 fully saturated rings. The van der Waals surface area contributed by atoms with Crippen molar-refractivity contribution < 1.29 is 4.79 Å². The smallest absolute Gasteiger partial charge is 0.307 e. The quantitative estimate of drug-likeness (QED) is 0.762. The third-order valence-electron chi connectivity index (χ3n) is 2.99. The molecule has 2 aromatic heterocycles. The van der Waals surface area contributed by atoms with Gasteiger partial charge in [-0.25, -0.2) is 4.79 Å². The standard InChI is InChI=1S/C14H12ClN5O/c1-9-5-6-10(15)8-11(9)16-14(21)17-13-19-18-12-4-2-3-7-20(12)13/h2-8H,1H3,(H2,16,17,19,21). The van der Waals surface area contributed by atoms with Crippen LogP contribution in [0, 0.1) is 6.92 Å². The Labute approximate surface area is 125 Å². The van der Waals surface area contributed by atoms with E-state index in [1.54, 1.807) is 28.8 Å². The number of hydrogen-bond acceptors (Lipinski definition) is 3. The van der Waals surface area contributed by atoms with E-state index < -0.39 is 6.03 Å². The summed E-state index contributed by atoms with van der Waals surface area (Å²) < 4.78 is 1.68. The van der Waals surface area contributed by atoms with Gasteiger partial charge in [-0.3, -0.25) is 9.72 Å². The number of halogens is 1. The van der Waals surface area contributed by atoms with Gasteiger partial charge in [0.25, 0.3) is 0 Å². The largest absolute Gasteiger partial charge is 0.326 e. The molecule has 21 heavy (non-hydrogen) atoms. The molecule has 0 bridgehead atoms. The van der Waals surface area contributed by atoms with E-state index in [1.165, 1.54) is 0 Å². The Morgan fingerprint density at radius 3 is 2.90 bits per heavy atom. The molecular weight excluding hydrogens is 290 g/mol. The summed E-state index contributed by atoms with van der Waals surface area (Å²) in [7, 11) is 0. The number of rotatable bonds is 2. The van der Waals surface area contributed by atoms with Gasteiger partial charge < -0.3 is 5.32 Å². The molecule has 3 aromatic rings. The van der Waals surface area contributed by atoms with E-state index in [-0.39, 0.29) is 0 Å². The van der Waals surface area contributed by atoms with E-state index >= 15 is 0 Å². The SMILES string of the molecule is Cc1ccc(Cl)cc1NC(=O)Nc1nnc2ccccn12. The van der Waals surface area contributed by atoms with E-state index in [0.717, 1.165) is 5.56 Å². The number of nitrogens with one attached hydrogen (secondary N) is 2. The fourth-order valence-corrected chi connectivity index (χ4v) is 2.08. The summed E-state index contributed by atoms with van der Waals surface area (Å²) >= 11 is 5.92. The number of aromatic nitrogens is 3. The maximum Gasteiger partial charge on any atom is 0.326 e. The molecule has 0 atom stereocenters. The molecule has 0 unspecified atom stereocenters. The predicted octanol–water partition coefficient (Wildman–Crippen LogP) is 3.34. The summed E-state index contributed by atoms with van der Waals surface area (Å²) in [6.07, 6.45) is 1.77. The van der Waals surface area contributed by atoms with Crippen LogP contribution in [-0.4, -0.2) is 20.6 Å². The third-order valence-corrected chi connectivity index (χ3v) is 3.22. The van der Waals surface area contributed by atoms with Crippen LogP contribution in [0.2, 0.25) is 5.02 Å². The molecule has 6 nitrogen and oxygen atoms in total. The molecule has 0 aliphatic rings. The zero-order valence-corrected chi connectivity index (χ0v) is 11.9. The number of pyridine rings is 1. The van der Waals surface area contributed by atoms with Crippen molar-refractivity contribution in [2.45, 2.75) is 6.92 Å². The Morgan fingerprint density at radius 2 is 2.05 bits per heavy atom. The second-order valence-electron chi connectivity index (χ2n) is 4.49. The fourth-order valence-electron chi connectivity index (χ4n) is 1.91. The van der Waals surface area contributed by atoms with Crippen molar-refractivity contribution in [3.8, 4) is 0 Å². The molecular formula is C14H12ClN5O. The highest BCUT2D eigenvalue weighted by Crippen LogP contribution is 2.20. The maximum atomic E-state index is 12.0. The number of carbonyl (C=O) groups excluding carboxylic acids is 1. The number of aryl methyl sites for hydroxylation is 1. The van der Waals surface area contributed by atoms with E-state index in [9.17, 15) is 4.79 Å². The van der Waals surface area contributed by atoms with E-state index in [4.69, 9.17) is 11.6 Å². The number of urea groups is 1. The Morgan fingerprint density at radius 1 is 1.19 bits per heavy atom. The molecule has 0 saturated carbocycles. The summed E-state index contributed by atoms with van der Waals surface area (Å²) in [5.74, 6) is 0.350. The van der Waals surface area contributed by atoms with E-state index in [2.05, 4.69) is 20.8 Å². The topological polar surface area (TPSA) is 71.3 Å². The van der Waals surface area contributed by atoms with Crippen LogP contribution in [0.15, 0.2) is 42.6 Å². The molecule has 7 heteroatoms. The second-order valence-corrected chi connectivity index (χ2v) is 4.93. The van der Waals surface area contributed by atoms with Crippen LogP contribution >= 0.6 is 11.6 Å². The zero-order valence-electron chi connectivity index (χ0n) is 11.2. The number of hydrogen-bond donors (Lipinski definition) is 2. The highest BCUT2D eigenvalue weighted by atomic mass is 35.5. The minimum absolute atomic E-state index is 0.350. The Hall–Kier alpha value is -2.60. The lowest BCUT2D eigenvalue weighted by Crippen LogP contribution is -2.21. The third kappa shape index (κ3) is 2.80. The molecule has 0 saturated heterocycles. The molecule has 0 radical (unpaired) electrons. The molecule has 0 aliphatic heterocycles. The van der Waals surface area contributed by atoms with Crippen LogP contribution in [-0.2, 0) is 0 Å². The van der Waals surface area contributed by atoms with Crippen LogP contribution in [0.5, 0.6) is 0 Å². The van der Waals surface area contributed by atoms with Gasteiger partial charge in [-0.05, 0) is 36.8 Å². The highest BCUT2D eigenvalue weighted by molar-refractivity contribution is 6.31. The Bertz CT molecular complexity index is 814. The van der Waals surface area contributed by atoms with Crippen molar-refractivity contribution in [2.75, 3.05) is 10.6 Å². The molecule has 2 amide bonds. The maximum absolute atomic E-state index is 12.0. The normalized spacial score (nSPS) is 10.6. The first-order valence-corrected chi connectivity index (χ1v) is 6.65. The fraction of sp³-hybridized carbons (Fsp3) is 0.0714. The lowest BCUT2D eigenvalue weighted by atomic mass is 10.2. The van der Waals surface area contributed by atoms with Gasteiger partial charge in [-0.1, -0.05) is 23.7 Å². The minimum atomic E-state index is -0.404. The van der Waals surface area contributed by atoms with Crippen molar-refractivity contribution >= 4 is 34.9 Å². The van der Waals surface area contributed by atoms with Crippen molar-refractivity contribution in [3.05, 3.63) is 53.2 Å². The summed E-state index contributed by atoms with van der Waals surface area (Å²) in [6, 6.07) is 10.4. The number of carbonyl (C=O) groups is 1. The first-order chi connectivity index (χ1) is 10.1. The van der Waals surface area contributed by atoms with E-state index in [1.807, 2.05) is 25.1 Å². The van der Waals surface area contributed by atoms with Gasteiger partial charge in [-0.15, -0.1) is 10.2 Å². The summed E-state index contributed by atoms with van der Waals surface area (Å²) in [5.41, 5.74) is 2.22. The molecule has 106 valence electrons. The number of nitrogens with zero attached hydrogens (tertiary/aromatic N) is 3. The number of amides is 2. The van der Waals surface area contributed by atoms with E-state index in [0.29, 0.717) is 22.3 Å². The van der Waals surface area contributed by atoms with Crippen molar-refractivity contribution in [2.24, 2.45) is 0 Å². The average Bonchev–Trinajstić information content (AvgIpc) is 2.86. The van der Waals surface area contributed by atoms with Crippen molar-refractivity contribution in [1.82, 2.24) is 14.6 Å². The minimum Gasteiger partial charge on any atom is -0.307 e. The summed E-state index contributed by atoms with van der Waals surface area (Å²) in [6.45, 7) is 1.89. The summed E-state index contributed by atoms with van der Waals surface area (Å²) in [5, 5.41) is 13.8. The molecule has 0 aliphatic carbocycles. The number of anilines is 2. The second kappa shape index (κ2) is 5.41. The van der Waals surface area contributed by atoms with Gasteiger partial charge in [0, 0.05) is 16.9 Å². The predicted molar refractivity (Wildman–Crippen MR) is 81.8 cm³/mol. The molecule has 3 rings (SSSR count). The molecule has 2 heterocycles. The van der Waals surface area contributed by atoms with Gasteiger partial charge in [0.1, 0.15) is 0 Å². The first-order valence-electron chi connectivity index (χ1n) is 6.27. The first kappa shape index (κ1) is 13.4. The van der Waals surface area contributed by atoms with Crippen molar-refractivity contribution in [3.63, 3.8) is 0 Å². The molecule has 2 N–H and O–H groups in total. The van der Waals surface area contributed by atoms with Crippen LogP contribution in [0.25, 0.3) is 5.65 Å².